The zero-order valence-corrected chi connectivity index (χ0v) is 10.6. The summed E-state index contributed by atoms with van der Waals surface area (Å²) < 4.78 is 10.7. The molecule has 18 heavy (non-hydrogen) atoms. The number of aliphatic hydroxyl groups excluding tert-OH is 1. The lowest BCUT2D eigenvalue weighted by molar-refractivity contribution is 0.0366. The molecular formula is C13H14N2O2S. The largest absolute Gasteiger partial charge is 0.472 e. The van der Waals surface area contributed by atoms with Crippen molar-refractivity contribution in [3.8, 4) is 18.1 Å². The lowest BCUT2D eigenvalue weighted by atomic mass is 10.2. The number of aromatic nitrogens is 1. The minimum atomic E-state index is -0.788. The van der Waals surface area contributed by atoms with E-state index in [-0.39, 0.29) is 0 Å². The summed E-state index contributed by atoms with van der Waals surface area (Å²) in [6.45, 7) is 0. The van der Waals surface area contributed by atoms with Gasteiger partial charge in [0, 0.05) is 6.42 Å². The third-order valence-electron chi connectivity index (χ3n) is 2.59. The third-order valence-corrected chi connectivity index (χ3v) is 3.35. The molecule has 1 heterocycles. The number of nitrogens with two attached hydrogens (primary N) is 1. The molecule has 0 saturated carbocycles. The van der Waals surface area contributed by atoms with Crippen molar-refractivity contribution in [2.24, 2.45) is 5.73 Å². The zero-order chi connectivity index (χ0) is 13.0. The van der Waals surface area contributed by atoms with Gasteiger partial charge in [-0.25, -0.2) is 0 Å². The molecule has 3 N–H and O–H groups in total. The maximum Gasteiger partial charge on any atom is 0.173 e. The Morgan fingerprint density at radius 3 is 3.17 bits per heavy atom. The molecule has 0 bridgehead atoms. The van der Waals surface area contributed by atoms with Gasteiger partial charge in [-0.3, -0.25) is 5.73 Å². The number of ether oxygens (including phenoxy) is 1. The van der Waals surface area contributed by atoms with Gasteiger partial charge in [-0.05, 0) is 30.1 Å². The number of rotatable bonds is 5. The van der Waals surface area contributed by atoms with Crippen LogP contribution in [0.2, 0.25) is 0 Å². The molecule has 0 fully saturated rings. The van der Waals surface area contributed by atoms with Crippen LogP contribution in [0.5, 0.6) is 5.75 Å². The lowest BCUT2D eigenvalue weighted by Gasteiger charge is -2.20. The van der Waals surface area contributed by atoms with Crippen LogP contribution in [0.1, 0.15) is 12.8 Å². The van der Waals surface area contributed by atoms with Gasteiger partial charge < -0.3 is 9.84 Å². The van der Waals surface area contributed by atoms with Gasteiger partial charge >= 0.3 is 0 Å². The molecule has 0 radical (unpaired) electrons. The fraction of sp³-hybridized carbons (Fsp3) is 0.308. The Bertz CT molecular complexity index is 561. The molecule has 0 aliphatic rings. The molecule has 2 aromatic rings. The molecule has 5 heteroatoms. The Hall–Kier alpha value is -1.61. The minimum Gasteiger partial charge on any atom is -0.472 e. The molecule has 1 aromatic carbocycles. The van der Waals surface area contributed by atoms with E-state index in [1.165, 1.54) is 11.5 Å². The van der Waals surface area contributed by atoms with Crippen LogP contribution in [0.4, 0.5) is 0 Å². The lowest BCUT2D eigenvalue weighted by Crippen LogP contribution is -2.39. The van der Waals surface area contributed by atoms with E-state index in [0.29, 0.717) is 18.6 Å². The van der Waals surface area contributed by atoms with Crippen LogP contribution in [0.15, 0.2) is 24.4 Å². The summed E-state index contributed by atoms with van der Waals surface area (Å²) in [5.41, 5.74) is 5.79. The number of benzene rings is 1. The van der Waals surface area contributed by atoms with Gasteiger partial charge in [0.25, 0.3) is 0 Å². The average molecular weight is 262 g/mol. The fourth-order valence-electron chi connectivity index (χ4n) is 1.59. The van der Waals surface area contributed by atoms with Gasteiger partial charge in [0.1, 0.15) is 11.9 Å². The van der Waals surface area contributed by atoms with E-state index in [4.69, 9.17) is 16.9 Å². The van der Waals surface area contributed by atoms with Crippen LogP contribution in [-0.2, 0) is 0 Å². The van der Waals surface area contributed by atoms with Gasteiger partial charge in [0.2, 0.25) is 0 Å². The van der Waals surface area contributed by atoms with Crippen LogP contribution in [-0.4, -0.2) is 21.8 Å². The molecule has 2 unspecified atom stereocenters. The Labute approximate surface area is 110 Å². The Kier molecular flexibility index (Phi) is 4.15. The van der Waals surface area contributed by atoms with Crippen LogP contribution in [0, 0.1) is 12.3 Å². The first-order valence-electron chi connectivity index (χ1n) is 5.59. The van der Waals surface area contributed by atoms with E-state index in [2.05, 4.69) is 10.3 Å². The second-order valence-electron chi connectivity index (χ2n) is 3.89. The number of aliphatic hydroxyl groups is 1. The smallest absolute Gasteiger partial charge is 0.173 e. The molecule has 2 atom stereocenters. The second kappa shape index (κ2) is 5.83. The van der Waals surface area contributed by atoms with Crippen molar-refractivity contribution in [1.29, 1.82) is 0 Å². The van der Waals surface area contributed by atoms with Gasteiger partial charge in [-0.2, -0.15) is 4.37 Å². The number of terminal acetylenes is 1. The van der Waals surface area contributed by atoms with E-state index >= 15 is 0 Å². The van der Waals surface area contributed by atoms with Gasteiger partial charge in [-0.15, -0.1) is 12.3 Å². The summed E-state index contributed by atoms with van der Waals surface area (Å²) in [6.07, 6.45) is 6.21. The normalized spacial score (nSPS) is 14.1. The van der Waals surface area contributed by atoms with Gasteiger partial charge in [0.15, 0.2) is 6.23 Å². The first kappa shape index (κ1) is 12.8. The highest BCUT2D eigenvalue weighted by atomic mass is 32.1. The van der Waals surface area contributed by atoms with Gasteiger partial charge in [0.05, 0.1) is 16.3 Å². The van der Waals surface area contributed by atoms with E-state index in [0.717, 1.165) is 10.1 Å². The Balaban J connectivity index is 2.09. The monoisotopic (exact) mass is 262 g/mol. The predicted molar refractivity (Wildman–Crippen MR) is 72.3 cm³/mol. The van der Waals surface area contributed by atoms with Crippen LogP contribution >= 0.6 is 11.5 Å². The minimum absolute atomic E-state index is 0.426. The number of hydrogen-bond donors (Lipinski definition) is 2. The van der Waals surface area contributed by atoms with E-state index in [1.54, 1.807) is 6.20 Å². The highest BCUT2D eigenvalue weighted by Crippen LogP contribution is 2.28. The van der Waals surface area contributed by atoms with E-state index in [1.807, 2.05) is 18.2 Å². The Morgan fingerprint density at radius 1 is 1.56 bits per heavy atom. The first-order chi connectivity index (χ1) is 8.72. The summed E-state index contributed by atoms with van der Waals surface area (Å²) in [6, 6.07) is 5.64. The molecule has 4 nitrogen and oxygen atoms in total. The highest BCUT2D eigenvalue weighted by molar-refractivity contribution is 7.13. The van der Waals surface area contributed by atoms with Crippen molar-refractivity contribution in [3.63, 3.8) is 0 Å². The second-order valence-corrected chi connectivity index (χ2v) is 4.72. The average Bonchev–Trinajstić information content (AvgIpc) is 2.85. The van der Waals surface area contributed by atoms with Crippen molar-refractivity contribution < 1.29 is 9.84 Å². The third kappa shape index (κ3) is 2.79. The van der Waals surface area contributed by atoms with E-state index in [9.17, 15) is 5.11 Å². The summed E-state index contributed by atoms with van der Waals surface area (Å²) in [4.78, 5) is 0. The molecule has 2 rings (SSSR count). The maximum absolute atomic E-state index is 9.77. The fourth-order valence-corrected chi connectivity index (χ4v) is 2.25. The SMILES string of the molecule is C#CCCC(O)C(N)Oc1cccc2sncc12. The molecule has 0 spiro atoms. The molecule has 0 amide bonds. The quantitative estimate of drug-likeness (QED) is 0.636. The molecule has 94 valence electrons. The summed E-state index contributed by atoms with van der Waals surface area (Å²) >= 11 is 1.39. The standard InChI is InChI=1S/C13H14N2O2S/c1-2-3-5-10(16)13(14)17-11-6-4-7-12-9(11)8-15-18-12/h1,4,6-8,10,13,16H,3,5,14H2. The maximum atomic E-state index is 9.77. The molecule has 0 saturated heterocycles. The summed E-state index contributed by atoms with van der Waals surface area (Å²) in [7, 11) is 0. The summed E-state index contributed by atoms with van der Waals surface area (Å²) in [5, 5.41) is 10.7. The number of nitrogens with zero attached hydrogens (tertiary/aromatic N) is 1. The topological polar surface area (TPSA) is 68.4 Å². The van der Waals surface area contributed by atoms with Crippen molar-refractivity contribution in [2.75, 3.05) is 0 Å². The van der Waals surface area contributed by atoms with Gasteiger partial charge in [-0.1, -0.05) is 6.07 Å². The molecule has 1 aromatic heterocycles. The summed E-state index contributed by atoms with van der Waals surface area (Å²) in [5.74, 6) is 3.10. The molecule has 0 aliphatic heterocycles. The van der Waals surface area contributed by atoms with Crippen LogP contribution < -0.4 is 10.5 Å². The van der Waals surface area contributed by atoms with Crippen molar-refractivity contribution in [3.05, 3.63) is 24.4 Å². The Morgan fingerprint density at radius 2 is 2.39 bits per heavy atom. The van der Waals surface area contributed by atoms with Crippen LogP contribution in [0.3, 0.4) is 0 Å². The molecular weight excluding hydrogens is 248 g/mol. The zero-order valence-electron chi connectivity index (χ0n) is 9.74. The molecule has 0 aliphatic carbocycles. The first-order valence-corrected chi connectivity index (χ1v) is 6.37. The van der Waals surface area contributed by atoms with Crippen molar-refractivity contribution in [2.45, 2.75) is 25.2 Å². The number of hydrogen-bond acceptors (Lipinski definition) is 5. The van der Waals surface area contributed by atoms with E-state index < -0.39 is 12.3 Å². The van der Waals surface area contributed by atoms with Crippen LogP contribution in [0.25, 0.3) is 10.1 Å². The number of fused-ring (bicyclic) bond motifs is 1. The predicted octanol–water partition coefficient (Wildman–Crippen LogP) is 1.73. The van der Waals surface area contributed by atoms with Crippen molar-refractivity contribution in [1.82, 2.24) is 4.37 Å². The van der Waals surface area contributed by atoms with Crippen molar-refractivity contribution >= 4 is 21.6 Å². The highest BCUT2D eigenvalue weighted by Gasteiger charge is 2.17.